The first-order valence-corrected chi connectivity index (χ1v) is 24.6. The molecule has 0 bridgehead atoms. The molecule has 82 heavy (non-hydrogen) atoms. The molecule has 2 aliphatic heterocycles. The number of carbonyl (C=O) groups is 2. The molecule has 2 fully saturated rings. The summed E-state index contributed by atoms with van der Waals surface area (Å²) in [5.74, 6) is 5.28. The summed E-state index contributed by atoms with van der Waals surface area (Å²) in [6.45, 7) is 20.2. The van der Waals surface area contributed by atoms with Crippen LogP contribution in [-0.4, -0.2) is 130 Å². The average Bonchev–Trinajstić information content (AvgIpc) is 3.53. The minimum atomic E-state index is -1.43. The second-order valence-electron chi connectivity index (χ2n) is 18.7. The van der Waals surface area contributed by atoms with Gasteiger partial charge < -0.3 is 78.3 Å². The summed E-state index contributed by atoms with van der Waals surface area (Å²) >= 11 is 0. The van der Waals surface area contributed by atoms with Gasteiger partial charge in [-0.15, -0.1) is 32.4 Å². The lowest BCUT2D eigenvalue weighted by molar-refractivity contribution is -0.289. The van der Waals surface area contributed by atoms with Gasteiger partial charge in [-0.3, -0.25) is 9.68 Å². The molecule has 26 nitrogen and oxygen atoms in total. The smallest absolute Gasteiger partial charge is 0.431 e. The van der Waals surface area contributed by atoms with Gasteiger partial charge in [0.1, 0.15) is 77.8 Å². The van der Waals surface area contributed by atoms with Crippen LogP contribution in [0.1, 0.15) is 76.6 Å². The number of hydrogen-bond donors (Lipinski definition) is 6. The summed E-state index contributed by atoms with van der Waals surface area (Å²) in [6, 6.07) is 5.99. The lowest BCUT2D eigenvalue weighted by Gasteiger charge is -2.48. The lowest BCUT2D eigenvalue weighted by atomic mass is 9.79. The van der Waals surface area contributed by atoms with Crippen molar-refractivity contribution < 1.29 is 97.6 Å². The number of aliphatic hydroxyl groups excluding tert-OH is 2. The average molecular weight is 1150 g/mol. The van der Waals surface area contributed by atoms with E-state index in [1.165, 1.54) is 45.2 Å². The minimum Gasteiger partial charge on any atom is -0.506 e. The van der Waals surface area contributed by atoms with E-state index in [9.17, 15) is 39.6 Å². The Morgan fingerprint density at radius 2 is 1.12 bits per heavy atom. The van der Waals surface area contributed by atoms with Gasteiger partial charge in [-0.1, -0.05) is 54.1 Å². The van der Waals surface area contributed by atoms with Gasteiger partial charge in [-0.2, -0.15) is 11.0 Å². The van der Waals surface area contributed by atoms with E-state index in [4.69, 9.17) is 75.9 Å². The molecule has 8 unspecified atom stereocenters. The van der Waals surface area contributed by atoms with Crippen molar-refractivity contribution in [2.75, 3.05) is 26.9 Å². The monoisotopic (exact) mass is 1150 g/mol. The van der Waals surface area contributed by atoms with Crippen LogP contribution in [0.4, 0.5) is 9.59 Å². The number of aryl methyl sites for hydroxylation is 2. The standard InChI is InChI=1S/C29H32N2O10.C27H32N2O10.2H2O/c1-8-13-29(7)17(5)22(32)25(40-28(35)31-37-15-10-3)27(41-29)38-20-12-11-19-23(33)21(18(6)30-36-14-9-2)26(34)39-24(19)16(20)4;1-8-12-27(6)15(4)23(38-26(33)29-35-13-9-2)21(31)25(39-27)36-18-11-10-17-20(30)19(16(5)28-34-7)24(32)37-22(17)14(18)3;;/h2-3,8,11-12,17,22,25,27,32-33H,1,13-15H2,4-7H3,(H,31,35);2,8,10-11,15,21,23,25,30-31H,1,12-13H2,3-7H3,(H,29,33);2*1H2/b30-18+;28-16+;;/t17?,22?,25?,27?,29-;15?,21?,23?,25?,27-;;/m00../s1. The number of nitrogens with one attached hydrogen (secondary N) is 2. The molecule has 2 amide bonds. The summed E-state index contributed by atoms with van der Waals surface area (Å²) in [5, 5.41) is 51.8. The number of oxime groups is 2. The molecule has 4 heterocycles. The predicted molar refractivity (Wildman–Crippen MR) is 295 cm³/mol. The van der Waals surface area contributed by atoms with Gasteiger partial charge in [-0.25, -0.2) is 19.2 Å². The quantitative estimate of drug-likeness (QED) is 0.0192. The number of terminal acetylenes is 3. The zero-order valence-corrected chi connectivity index (χ0v) is 46.5. The minimum absolute atomic E-state index is 0. The third-order valence-corrected chi connectivity index (χ3v) is 13.4. The largest absolute Gasteiger partial charge is 0.506 e. The molecule has 0 aliphatic carbocycles. The van der Waals surface area contributed by atoms with Crippen molar-refractivity contribution in [3.8, 4) is 60.0 Å². The van der Waals surface area contributed by atoms with Gasteiger partial charge in [0, 0.05) is 23.0 Å². The molecule has 2 saturated heterocycles. The van der Waals surface area contributed by atoms with E-state index in [1.807, 2.05) is 5.48 Å². The van der Waals surface area contributed by atoms with Crippen molar-refractivity contribution in [3.63, 3.8) is 0 Å². The van der Waals surface area contributed by atoms with Gasteiger partial charge >= 0.3 is 23.4 Å². The molecular formula is C56H68N4O22. The second kappa shape index (κ2) is 29.7. The molecule has 2 aliphatic rings. The number of rotatable bonds is 19. The van der Waals surface area contributed by atoms with Gasteiger partial charge in [0.05, 0.1) is 33.4 Å². The Kier molecular flexibility index (Phi) is 24.5. The van der Waals surface area contributed by atoms with Crippen LogP contribution in [0.15, 0.2) is 78.3 Å². The summed E-state index contributed by atoms with van der Waals surface area (Å²) in [7, 11) is 1.31. The normalized spacial score (nSPS) is 24.0. The molecule has 2 aromatic heterocycles. The lowest BCUT2D eigenvalue weighted by Crippen LogP contribution is -2.62. The molecule has 10 atom stereocenters. The second-order valence-corrected chi connectivity index (χ2v) is 18.7. The zero-order chi connectivity index (χ0) is 59.2. The Balaban J connectivity index is 0.000000420. The zero-order valence-electron chi connectivity index (χ0n) is 46.5. The maximum atomic E-state index is 12.8. The highest BCUT2D eigenvalue weighted by atomic mass is 16.7. The number of fused-ring (bicyclic) bond motifs is 2. The van der Waals surface area contributed by atoms with Crippen molar-refractivity contribution in [2.24, 2.45) is 22.1 Å². The maximum Gasteiger partial charge on any atom is 0.431 e. The Morgan fingerprint density at radius 1 is 0.695 bits per heavy atom. The third kappa shape index (κ3) is 15.0. The number of amides is 2. The fourth-order valence-corrected chi connectivity index (χ4v) is 8.85. The molecule has 4 aromatic rings. The number of hydroxylamine groups is 2. The Hall–Kier alpha value is -8.62. The SMILES string of the molecule is C#CCO/N=C(\C)c1c(O)c2ccc(OC3O[C@@](C)(CC=C)C(C)C(O)C3OC(=O)NOCC#C)c(C)c2oc1=O.C#CCONC(=O)OC1C(O)C(Oc2ccc3c(O)c(/C(C)=N/OC)c(=O)oc3c2C)O[C@@](C)(CC=C)C1C.O.O. The van der Waals surface area contributed by atoms with Crippen LogP contribution < -0.4 is 31.7 Å². The number of carbonyl (C=O) groups excluding carboxylic acids is 2. The number of aliphatic hydroxyl groups is 2. The van der Waals surface area contributed by atoms with E-state index in [0.717, 1.165) is 0 Å². The maximum absolute atomic E-state index is 12.8. The van der Waals surface area contributed by atoms with Crippen molar-refractivity contribution in [1.29, 1.82) is 0 Å². The van der Waals surface area contributed by atoms with Crippen LogP contribution in [0.2, 0.25) is 0 Å². The van der Waals surface area contributed by atoms with Gasteiger partial charge in [0.2, 0.25) is 12.6 Å². The third-order valence-electron chi connectivity index (χ3n) is 13.4. The number of nitrogens with zero attached hydrogens (tertiary/aromatic N) is 2. The van der Waals surface area contributed by atoms with Crippen LogP contribution in [-0.2, 0) is 38.3 Å². The van der Waals surface area contributed by atoms with Gasteiger partial charge in [0.25, 0.3) is 0 Å². The van der Waals surface area contributed by atoms with E-state index < -0.39 is 83.5 Å². The van der Waals surface area contributed by atoms with E-state index in [-0.39, 0.29) is 98.3 Å². The van der Waals surface area contributed by atoms with E-state index in [0.29, 0.717) is 24.0 Å². The first kappa shape index (κ1) is 67.7. The Morgan fingerprint density at radius 3 is 1.57 bits per heavy atom. The number of benzene rings is 2. The molecule has 0 spiro atoms. The topological polar surface area (TPSA) is 380 Å². The number of hydrogen-bond acceptors (Lipinski definition) is 22. The van der Waals surface area contributed by atoms with Crippen LogP contribution in [0.25, 0.3) is 21.9 Å². The molecule has 0 saturated carbocycles. The van der Waals surface area contributed by atoms with Crippen molar-refractivity contribution >= 4 is 45.5 Å². The van der Waals surface area contributed by atoms with Crippen molar-refractivity contribution in [2.45, 2.75) is 116 Å². The summed E-state index contributed by atoms with van der Waals surface area (Å²) in [5.41, 5.74) is 1.14. The molecule has 26 heteroatoms. The first-order valence-electron chi connectivity index (χ1n) is 24.6. The Labute approximate surface area is 471 Å². The molecule has 6 rings (SSSR count). The number of ether oxygens (including phenoxy) is 6. The molecule has 0 radical (unpaired) electrons. The van der Waals surface area contributed by atoms with E-state index in [2.05, 4.69) is 46.7 Å². The number of aromatic hydroxyl groups is 2. The van der Waals surface area contributed by atoms with E-state index >= 15 is 0 Å². The molecule has 2 aromatic carbocycles. The van der Waals surface area contributed by atoms with Crippen molar-refractivity contribution in [3.05, 3.63) is 92.7 Å². The first-order chi connectivity index (χ1) is 38.0. The van der Waals surface area contributed by atoms with Crippen LogP contribution >= 0.6 is 0 Å². The molecule has 10 N–H and O–H groups in total. The Bertz CT molecular complexity index is 3260. The summed E-state index contributed by atoms with van der Waals surface area (Å²) in [6.07, 6.45) is 9.70. The summed E-state index contributed by atoms with van der Waals surface area (Å²) in [4.78, 5) is 69.3. The molecular weight excluding hydrogens is 1080 g/mol. The van der Waals surface area contributed by atoms with Crippen molar-refractivity contribution in [1.82, 2.24) is 11.0 Å². The highest BCUT2D eigenvalue weighted by Gasteiger charge is 2.54. The van der Waals surface area contributed by atoms with Crippen LogP contribution in [0.5, 0.6) is 23.0 Å². The van der Waals surface area contributed by atoms with Crippen LogP contribution in [0, 0.1) is 62.7 Å². The fourth-order valence-electron chi connectivity index (χ4n) is 8.85. The highest BCUT2D eigenvalue weighted by Crippen LogP contribution is 2.43. The van der Waals surface area contributed by atoms with Crippen LogP contribution in [0.3, 0.4) is 0 Å². The van der Waals surface area contributed by atoms with Gasteiger partial charge in [0.15, 0.2) is 18.8 Å². The predicted octanol–water partition coefficient (Wildman–Crippen LogP) is 4.16. The highest BCUT2D eigenvalue weighted by molar-refractivity contribution is 6.05. The fraction of sp³-hybridized carbons (Fsp3) is 0.429. The van der Waals surface area contributed by atoms with Gasteiger partial charge in [-0.05, 0) is 78.6 Å². The van der Waals surface area contributed by atoms with E-state index in [1.54, 1.807) is 53.7 Å². The summed E-state index contributed by atoms with van der Waals surface area (Å²) < 4.78 is 46.4. The molecule has 444 valence electrons.